The van der Waals surface area contributed by atoms with Crippen molar-refractivity contribution in [2.45, 2.75) is 33.1 Å². The van der Waals surface area contributed by atoms with Gasteiger partial charge < -0.3 is 0 Å². The molecule has 0 aromatic carbocycles. The van der Waals surface area contributed by atoms with Crippen LogP contribution in [0.2, 0.25) is 0 Å². The van der Waals surface area contributed by atoms with Crippen molar-refractivity contribution in [3.05, 3.63) is 0 Å². The number of hydrogen-bond donors (Lipinski definition) is 0. The Kier molecular flexibility index (Phi) is 3.20. The van der Waals surface area contributed by atoms with E-state index in [0.717, 1.165) is 24.9 Å². The summed E-state index contributed by atoms with van der Waals surface area (Å²) in [5.74, 6) is 1.80. The molecule has 0 saturated heterocycles. The van der Waals surface area contributed by atoms with Crippen molar-refractivity contribution in [3.63, 3.8) is 0 Å². The highest BCUT2D eigenvalue weighted by Crippen LogP contribution is 2.31. The van der Waals surface area contributed by atoms with Gasteiger partial charge in [-0.05, 0) is 18.3 Å². The van der Waals surface area contributed by atoms with Crippen LogP contribution >= 0.6 is 0 Å². The van der Waals surface area contributed by atoms with E-state index in [1.807, 2.05) is 0 Å². The molecule has 1 aliphatic carbocycles. The lowest BCUT2D eigenvalue weighted by atomic mass is 10.2. The third kappa shape index (κ3) is 3.89. The summed E-state index contributed by atoms with van der Waals surface area (Å²) in [6.07, 6.45) is 4.29. The van der Waals surface area contributed by atoms with Gasteiger partial charge in [0.2, 0.25) is 0 Å². The van der Waals surface area contributed by atoms with Gasteiger partial charge in [0.05, 0.1) is 0 Å². The minimum Gasteiger partial charge on any atom is -0.242 e. The van der Waals surface area contributed by atoms with Gasteiger partial charge in [0.1, 0.15) is 0 Å². The van der Waals surface area contributed by atoms with E-state index in [2.05, 4.69) is 19.2 Å². The molecule has 10 heavy (non-hydrogen) atoms. The SMILES string of the molecule is CC(C)C[N]CCC1CC1. The molecule has 1 saturated carbocycles. The molecule has 1 heteroatoms. The molecule has 0 aromatic rings. The van der Waals surface area contributed by atoms with Crippen molar-refractivity contribution < 1.29 is 0 Å². The Balaban J connectivity index is 1.76. The predicted octanol–water partition coefficient (Wildman–Crippen LogP) is 2.05. The molecule has 59 valence electrons. The molecule has 1 rings (SSSR count). The summed E-state index contributed by atoms with van der Waals surface area (Å²) in [6.45, 7) is 6.62. The Hall–Kier alpha value is -0.0400. The maximum absolute atomic E-state index is 4.45. The van der Waals surface area contributed by atoms with Crippen LogP contribution in [0.25, 0.3) is 0 Å². The molecule has 0 spiro atoms. The molecule has 1 fully saturated rings. The van der Waals surface area contributed by atoms with Crippen molar-refractivity contribution >= 4 is 0 Å². The molecule has 0 amide bonds. The van der Waals surface area contributed by atoms with Crippen LogP contribution in [-0.4, -0.2) is 13.1 Å². The number of hydrogen-bond acceptors (Lipinski definition) is 0. The van der Waals surface area contributed by atoms with Crippen LogP contribution in [0.15, 0.2) is 0 Å². The molecule has 1 aliphatic rings. The lowest BCUT2D eigenvalue weighted by Gasteiger charge is -2.03. The maximum atomic E-state index is 4.45. The standard InChI is InChI=1S/C9H18N/c1-8(2)7-10-6-5-9-3-4-9/h8-9H,3-7H2,1-2H3. The van der Waals surface area contributed by atoms with Crippen LogP contribution in [-0.2, 0) is 0 Å². The Morgan fingerprint density at radius 1 is 1.40 bits per heavy atom. The molecular formula is C9H18N. The van der Waals surface area contributed by atoms with E-state index in [0.29, 0.717) is 0 Å². The minimum atomic E-state index is 0.749. The van der Waals surface area contributed by atoms with E-state index in [1.165, 1.54) is 19.3 Å². The first-order chi connectivity index (χ1) is 4.79. The Labute approximate surface area is 64.2 Å². The second-order valence-corrected chi connectivity index (χ2v) is 3.76. The Morgan fingerprint density at radius 2 is 2.10 bits per heavy atom. The van der Waals surface area contributed by atoms with E-state index in [-0.39, 0.29) is 0 Å². The van der Waals surface area contributed by atoms with Gasteiger partial charge in [0, 0.05) is 13.1 Å². The van der Waals surface area contributed by atoms with Crippen LogP contribution in [0.4, 0.5) is 0 Å². The lowest BCUT2D eigenvalue weighted by Crippen LogP contribution is -2.13. The average Bonchev–Trinajstić information content (AvgIpc) is 2.62. The van der Waals surface area contributed by atoms with E-state index in [4.69, 9.17) is 0 Å². The van der Waals surface area contributed by atoms with Crippen LogP contribution in [0.3, 0.4) is 0 Å². The fraction of sp³-hybridized carbons (Fsp3) is 1.00. The third-order valence-corrected chi connectivity index (χ3v) is 1.89. The predicted molar refractivity (Wildman–Crippen MR) is 44.0 cm³/mol. The minimum absolute atomic E-state index is 0.749. The molecule has 0 N–H and O–H groups in total. The fourth-order valence-electron chi connectivity index (χ4n) is 1.03. The van der Waals surface area contributed by atoms with Crippen molar-refractivity contribution in [2.24, 2.45) is 11.8 Å². The molecule has 0 bridgehead atoms. The molecule has 0 atom stereocenters. The monoisotopic (exact) mass is 140 g/mol. The first-order valence-corrected chi connectivity index (χ1v) is 4.42. The molecule has 0 unspecified atom stereocenters. The van der Waals surface area contributed by atoms with E-state index >= 15 is 0 Å². The van der Waals surface area contributed by atoms with E-state index in [9.17, 15) is 0 Å². The number of nitrogens with zero attached hydrogens (tertiary/aromatic N) is 1. The quantitative estimate of drug-likeness (QED) is 0.519. The summed E-state index contributed by atoms with van der Waals surface area (Å²) < 4.78 is 0. The molecule has 0 aromatic heterocycles. The highest BCUT2D eigenvalue weighted by molar-refractivity contribution is 4.73. The summed E-state index contributed by atoms with van der Waals surface area (Å²) in [5, 5.41) is 4.45. The summed E-state index contributed by atoms with van der Waals surface area (Å²) in [7, 11) is 0. The zero-order valence-electron chi connectivity index (χ0n) is 7.14. The van der Waals surface area contributed by atoms with Crippen LogP contribution in [0.1, 0.15) is 33.1 Å². The highest BCUT2D eigenvalue weighted by Gasteiger charge is 2.20. The largest absolute Gasteiger partial charge is 0.242 e. The second-order valence-electron chi connectivity index (χ2n) is 3.76. The third-order valence-electron chi connectivity index (χ3n) is 1.89. The average molecular weight is 140 g/mol. The van der Waals surface area contributed by atoms with Crippen molar-refractivity contribution in [2.75, 3.05) is 13.1 Å². The van der Waals surface area contributed by atoms with Gasteiger partial charge in [-0.15, -0.1) is 0 Å². The lowest BCUT2D eigenvalue weighted by molar-refractivity contribution is 0.522. The first kappa shape index (κ1) is 8.06. The summed E-state index contributed by atoms with van der Waals surface area (Å²) in [5.41, 5.74) is 0. The van der Waals surface area contributed by atoms with Gasteiger partial charge in [-0.1, -0.05) is 26.7 Å². The Bertz CT molecular complexity index is 80.7. The second kappa shape index (κ2) is 3.97. The van der Waals surface area contributed by atoms with Gasteiger partial charge >= 0.3 is 0 Å². The first-order valence-electron chi connectivity index (χ1n) is 4.42. The normalized spacial score (nSPS) is 18.3. The topological polar surface area (TPSA) is 14.1 Å². The van der Waals surface area contributed by atoms with Crippen molar-refractivity contribution in [1.29, 1.82) is 0 Å². The van der Waals surface area contributed by atoms with Crippen LogP contribution in [0.5, 0.6) is 0 Å². The molecule has 0 aliphatic heterocycles. The number of rotatable bonds is 5. The molecule has 1 nitrogen and oxygen atoms in total. The van der Waals surface area contributed by atoms with Crippen LogP contribution in [0, 0.1) is 11.8 Å². The van der Waals surface area contributed by atoms with Gasteiger partial charge in [-0.3, -0.25) is 0 Å². The van der Waals surface area contributed by atoms with Crippen LogP contribution < -0.4 is 5.32 Å². The fourth-order valence-corrected chi connectivity index (χ4v) is 1.03. The van der Waals surface area contributed by atoms with Gasteiger partial charge in [0.25, 0.3) is 0 Å². The van der Waals surface area contributed by atoms with Crippen molar-refractivity contribution in [3.8, 4) is 0 Å². The molecule has 0 heterocycles. The summed E-state index contributed by atoms with van der Waals surface area (Å²) in [4.78, 5) is 0. The Morgan fingerprint density at radius 3 is 2.60 bits per heavy atom. The van der Waals surface area contributed by atoms with Gasteiger partial charge in [-0.2, -0.15) is 0 Å². The van der Waals surface area contributed by atoms with E-state index in [1.54, 1.807) is 0 Å². The van der Waals surface area contributed by atoms with E-state index < -0.39 is 0 Å². The zero-order valence-corrected chi connectivity index (χ0v) is 7.14. The van der Waals surface area contributed by atoms with Gasteiger partial charge in [0.15, 0.2) is 0 Å². The molecule has 1 radical (unpaired) electrons. The maximum Gasteiger partial charge on any atom is 0.0156 e. The molecular weight excluding hydrogens is 122 g/mol. The zero-order chi connectivity index (χ0) is 7.40. The summed E-state index contributed by atoms with van der Waals surface area (Å²) >= 11 is 0. The summed E-state index contributed by atoms with van der Waals surface area (Å²) in [6, 6.07) is 0. The highest BCUT2D eigenvalue weighted by atomic mass is 14.8. The smallest absolute Gasteiger partial charge is 0.0156 e. The van der Waals surface area contributed by atoms with Crippen molar-refractivity contribution in [1.82, 2.24) is 5.32 Å². The van der Waals surface area contributed by atoms with Gasteiger partial charge in [-0.25, -0.2) is 5.32 Å².